The van der Waals surface area contributed by atoms with Crippen LogP contribution in [0, 0.1) is 11.8 Å². The van der Waals surface area contributed by atoms with E-state index >= 15 is 0 Å². The minimum Gasteiger partial charge on any atom is -0.380 e. The smallest absolute Gasteiger partial charge is 0.116 e. The van der Waals surface area contributed by atoms with Gasteiger partial charge in [-0.1, -0.05) is 12.3 Å². The first-order chi connectivity index (χ1) is 8.72. The zero-order valence-electron chi connectivity index (χ0n) is 11.4. The Balaban J connectivity index is 2.00. The number of hydrogen-bond donors (Lipinski definition) is 2. The molecule has 1 rings (SSSR count). The highest BCUT2D eigenvalue weighted by molar-refractivity contribution is 5.02. The van der Waals surface area contributed by atoms with Crippen LogP contribution in [0.5, 0.6) is 0 Å². The van der Waals surface area contributed by atoms with Crippen molar-refractivity contribution in [1.29, 1.82) is 0 Å². The van der Waals surface area contributed by atoms with Crippen LogP contribution in [0.15, 0.2) is 0 Å². The molecule has 4 nitrogen and oxygen atoms in total. The van der Waals surface area contributed by atoms with Crippen LogP contribution in [-0.4, -0.2) is 55.0 Å². The maximum Gasteiger partial charge on any atom is 0.116 e. The fraction of sp³-hybridized carbons (Fsp3) is 0.857. The van der Waals surface area contributed by atoms with Gasteiger partial charge in [-0.3, -0.25) is 0 Å². The first kappa shape index (κ1) is 15.5. The van der Waals surface area contributed by atoms with Gasteiger partial charge in [0.25, 0.3) is 0 Å². The Bertz CT molecular complexity index is 267. The van der Waals surface area contributed by atoms with Crippen LogP contribution in [0.4, 0.5) is 0 Å². The summed E-state index contributed by atoms with van der Waals surface area (Å²) in [6, 6.07) is -0.137. The van der Waals surface area contributed by atoms with E-state index in [-0.39, 0.29) is 6.04 Å². The number of hydrogen-bond acceptors (Lipinski definition) is 4. The summed E-state index contributed by atoms with van der Waals surface area (Å²) in [5.41, 5.74) is 5.86. The van der Waals surface area contributed by atoms with E-state index in [4.69, 9.17) is 10.5 Å². The minimum absolute atomic E-state index is 0.137. The zero-order chi connectivity index (χ0) is 13.2. The molecular formula is C14H26N2O2. The van der Waals surface area contributed by atoms with Crippen LogP contribution in [0.3, 0.4) is 0 Å². The number of piperidine rings is 1. The Morgan fingerprint density at radius 2 is 2.06 bits per heavy atom. The summed E-state index contributed by atoms with van der Waals surface area (Å²) in [5.74, 6) is 5.36. The van der Waals surface area contributed by atoms with Gasteiger partial charge in [0.05, 0.1) is 13.2 Å². The van der Waals surface area contributed by atoms with E-state index < -0.39 is 6.10 Å². The van der Waals surface area contributed by atoms with Crippen molar-refractivity contribution in [2.75, 3.05) is 32.8 Å². The second-order valence-electron chi connectivity index (χ2n) is 4.88. The minimum atomic E-state index is -0.629. The Morgan fingerprint density at radius 1 is 1.33 bits per heavy atom. The Hall–Kier alpha value is -0.600. The molecule has 104 valence electrons. The molecule has 2 unspecified atom stereocenters. The van der Waals surface area contributed by atoms with Crippen LogP contribution in [-0.2, 0) is 4.74 Å². The van der Waals surface area contributed by atoms with E-state index in [2.05, 4.69) is 16.7 Å². The molecule has 1 saturated heterocycles. The maximum absolute atomic E-state index is 9.46. The van der Waals surface area contributed by atoms with Gasteiger partial charge < -0.3 is 20.5 Å². The molecule has 0 aromatic carbocycles. The lowest BCUT2D eigenvalue weighted by molar-refractivity contribution is 0.0791. The van der Waals surface area contributed by atoms with E-state index in [1.165, 1.54) is 32.4 Å². The molecule has 0 spiro atoms. The predicted molar refractivity (Wildman–Crippen MR) is 73.2 cm³/mol. The molecule has 18 heavy (non-hydrogen) atoms. The fourth-order valence-corrected chi connectivity index (χ4v) is 2.19. The lowest BCUT2D eigenvalue weighted by atomic mass is 10.1. The van der Waals surface area contributed by atoms with Crippen molar-refractivity contribution in [1.82, 2.24) is 4.90 Å². The molecule has 0 bridgehead atoms. The van der Waals surface area contributed by atoms with Gasteiger partial charge in [-0.2, -0.15) is 0 Å². The van der Waals surface area contributed by atoms with Gasteiger partial charge in [0.15, 0.2) is 0 Å². The van der Waals surface area contributed by atoms with Crippen molar-refractivity contribution in [2.45, 2.75) is 44.8 Å². The zero-order valence-corrected chi connectivity index (χ0v) is 11.4. The molecule has 1 fully saturated rings. The van der Waals surface area contributed by atoms with Crippen molar-refractivity contribution < 1.29 is 9.84 Å². The van der Waals surface area contributed by atoms with Crippen LogP contribution in [0.1, 0.15) is 32.6 Å². The third-order valence-corrected chi connectivity index (χ3v) is 3.17. The lowest BCUT2D eigenvalue weighted by Gasteiger charge is -2.26. The average molecular weight is 254 g/mol. The van der Waals surface area contributed by atoms with E-state index in [1.54, 1.807) is 6.92 Å². The molecule has 0 aromatic rings. The van der Waals surface area contributed by atoms with E-state index in [0.29, 0.717) is 13.0 Å². The summed E-state index contributed by atoms with van der Waals surface area (Å²) in [7, 11) is 0. The topological polar surface area (TPSA) is 58.7 Å². The number of ether oxygens (including phenoxy) is 1. The number of aliphatic hydroxyl groups is 1. The van der Waals surface area contributed by atoms with Crippen LogP contribution in [0.25, 0.3) is 0 Å². The summed E-state index contributed by atoms with van der Waals surface area (Å²) >= 11 is 0. The summed E-state index contributed by atoms with van der Waals surface area (Å²) in [5, 5.41) is 9.46. The average Bonchev–Trinajstić information content (AvgIpc) is 2.36. The Labute approximate surface area is 110 Å². The highest BCUT2D eigenvalue weighted by atomic mass is 16.5. The van der Waals surface area contributed by atoms with Crippen LogP contribution < -0.4 is 5.73 Å². The number of nitrogens with two attached hydrogens (primary N) is 1. The van der Waals surface area contributed by atoms with Crippen molar-refractivity contribution in [3.63, 3.8) is 0 Å². The molecule has 1 aliphatic heterocycles. The normalized spacial score (nSPS) is 19.9. The van der Waals surface area contributed by atoms with Gasteiger partial charge in [-0.15, -0.1) is 5.92 Å². The van der Waals surface area contributed by atoms with Crippen molar-refractivity contribution in [3.8, 4) is 11.8 Å². The molecule has 0 aliphatic carbocycles. The van der Waals surface area contributed by atoms with E-state index in [1.807, 2.05) is 0 Å². The second kappa shape index (κ2) is 9.35. The highest BCUT2D eigenvalue weighted by Gasteiger charge is 2.11. The maximum atomic E-state index is 9.46. The van der Waals surface area contributed by atoms with Crippen molar-refractivity contribution >= 4 is 0 Å². The van der Waals surface area contributed by atoms with Crippen molar-refractivity contribution in [2.24, 2.45) is 5.73 Å². The summed E-state index contributed by atoms with van der Waals surface area (Å²) in [6.07, 6.45) is 3.82. The first-order valence-electron chi connectivity index (χ1n) is 6.88. The lowest BCUT2D eigenvalue weighted by Crippen LogP contribution is -2.35. The number of likely N-dealkylation sites (tertiary alicyclic amines) is 1. The Morgan fingerprint density at radius 3 is 2.72 bits per heavy atom. The predicted octanol–water partition coefficient (Wildman–Crippen LogP) is 0.591. The van der Waals surface area contributed by atoms with Gasteiger partial charge in [0.1, 0.15) is 6.10 Å². The molecular weight excluding hydrogens is 228 g/mol. The van der Waals surface area contributed by atoms with Gasteiger partial charge in [0.2, 0.25) is 0 Å². The SMILES string of the molecule is CC#CC(O)CC(N)COCCN1CCCCC1. The van der Waals surface area contributed by atoms with Gasteiger partial charge in [-0.05, 0) is 32.9 Å². The van der Waals surface area contributed by atoms with E-state index in [9.17, 15) is 5.11 Å². The highest BCUT2D eigenvalue weighted by Crippen LogP contribution is 2.07. The van der Waals surface area contributed by atoms with Crippen molar-refractivity contribution in [3.05, 3.63) is 0 Å². The van der Waals surface area contributed by atoms with E-state index in [0.717, 1.165) is 13.2 Å². The van der Waals surface area contributed by atoms with Gasteiger partial charge in [-0.25, -0.2) is 0 Å². The molecule has 0 saturated carbocycles. The number of rotatable bonds is 7. The third kappa shape index (κ3) is 6.97. The molecule has 0 aromatic heterocycles. The van der Waals surface area contributed by atoms with Crippen LogP contribution in [0.2, 0.25) is 0 Å². The summed E-state index contributed by atoms with van der Waals surface area (Å²) in [6.45, 7) is 6.31. The standard InChI is InChI=1S/C14H26N2O2/c1-2-6-14(17)11-13(15)12-18-10-9-16-7-4-3-5-8-16/h13-14,17H,3-5,7-12,15H2,1H3. The molecule has 3 N–H and O–H groups in total. The van der Waals surface area contributed by atoms with Gasteiger partial charge >= 0.3 is 0 Å². The summed E-state index contributed by atoms with van der Waals surface area (Å²) < 4.78 is 5.55. The molecule has 2 atom stereocenters. The molecule has 1 aliphatic rings. The third-order valence-electron chi connectivity index (χ3n) is 3.17. The molecule has 0 radical (unpaired) electrons. The van der Waals surface area contributed by atoms with Crippen LogP contribution >= 0.6 is 0 Å². The number of nitrogens with zero attached hydrogens (tertiary/aromatic N) is 1. The molecule has 4 heteroatoms. The summed E-state index contributed by atoms with van der Waals surface area (Å²) in [4.78, 5) is 2.44. The molecule has 1 heterocycles. The first-order valence-corrected chi connectivity index (χ1v) is 6.88. The quantitative estimate of drug-likeness (QED) is 0.516. The fourth-order valence-electron chi connectivity index (χ4n) is 2.19. The largest absolute Gasteiger partial charge is 0.380 e. The Kier molecular flexibility index (Phi) is 8.03. The number of aliphatic hydroxyl groups excluding tert-OH is 1. The monoisotopic (exact) mass is 254 g/mol. The second-order valence-corrected chi connectivity index (χ2v) is 4.88. The van der Waals surface area contributed by atoms with Gasteiger partial charge in [0, 0.05) is 19.0 Å². The molecule has 0 amide bonds.